The minimum atomic E-state index is -0.503. The predicted molar refractivity (Wildman–Crippen MR) is 81.9 cm³/mol. The van der Waals surface area contributed by atoms with Gasteiger partial charge in [-0.2, -0.15) is 0 Å². The molecule has 0 unspecified atom stereocenters. The molecule has 0 saturated carbocycles. The van der Waals surface area contributed by atoms with Crippen LogP contribution in [0.25, 0.3) is 0 Å². The number of carbonyl (C=O) groups is 1. The van der Waals surface area contributed by atoms with E-state index < -0.39 is 4.92 Å². The summed E-state index contributed by atoms with van der Waals surface area (Å²) >= 11 is 0. The third kappa shape index (κ3) is 4.44. The molecule has 0 bridgehead atoms. The highest BCUT2D eigenvalue weighted by molar-refractivity contribution is 5.93. The smallest absolute Gasteiger partial charge is 0.287 e. The Morgan fingerprint density at radius 3 is 2.71 bits per heavy atom. The molecule has 1 aliphatic rings. The molecule has 1 aromatic heterocycles. The lowest BCUT2D eigenvalue weighted by molar-refractivity contribution is -0.384. The Bertz CT molecular complexity index is 484. The number of nitro groups is 1. The predicted octanol–water partition coefficient (Wildman–Crippen LogP) is 1.81. The summed E-state index contributed by atoms with van der Waals surface area (Å²) < 4.78 is 0. The molecular formula is C13H21ClN4O3. The number of nitrogens with one attached hydrogen (secondary N) is 2. The zero-order valence-corrected chi connectivity index (χ0v) is 12.8. The Hall–Kier alpha value is -1.60. The van der Waals surface area contributed by atoms with E-state index in [1.54, 1.807) is 4.90 Å². The molecule has 21 heavy (non-hydrogen) atoms. The van der Waals surface area contributed by atoms with Gasteiger partial charge in [-0.25, -0.2) is 0 Å². The van der Waals surface area contributed by atoms with Crippen molar-refractivity contribution in [2.45, 2.75) is 19.3 Å². The van der Waals surface area contributed by atoms with Crippen molar-refractivity contribution in [3.05, 3.63) is 28.1 Å². The first-order valence-corrected chi connectivity index (χ1v) is 6.88. The first-order chi connectivity index (χ1) is 9.61. The van der Waals surface area contributed by atoms with E-state index in [-0.39, 0.29) is 24.0 Å². The number of hydrogen-bond acceptors (Lipinski definition) is 4. The highest BCUT2D eigenvalue weighted by Gasteiger charge is 2.25. The molecule has 8 heteroatoms. The number of carbonyl (C=O) groups excluding carboxylic acids is 1. The minimum absolute atomic E-state index is 0. The van der Waals surface area contributed by atoms with Crippen LogP contribution >= 0.6 is 12.4 Å². The average molecular weight is 317 g/mol. The Kier molecular flexibility index (Phi) is 6.64. The second-order valence-corrected chi connectivity index (χ2v) is 5.16. The van der Waals surface area contributed by atoms with Crippen LogP contribution in [-0.4, -0.2) is 47.4 Å². The van der Waals surface area contributed by atoms with Gasteiger partial charge in [-0.1, -0.05) is 0 Å². The standard InChI is InChI=1S/C13H20N4O3.ClH/c1-14-5-2-10-3-6-16(7-4-10)13(18)12-8-11(9-15-12)17(19)20;/h8-10,14-15H,2-7H2,1H3;1H. The molecule has 0 spiro atoms. The molecule has 1 amide bonds. The summed E-state index contributed by atoms with van der Waals surface area (Å²) in [7, 11) is 1.94. The lowest BCUT2D eigenvalue weighted by atomic mass is 9.93. The van der Waals surface area contributed by atoms with Gasteiger partial charge in [0, 0.05) is 19.2 Å². The van der Waals surface area contributed by atoms with Crippen molar-refractivity contribution in [2.75, 3.05) is 26.7 Å². The number of amides is 1. The van der Waals surface area contributed by atoms with E-state index in [9.17, 15) is 14.9 Å². The second-order valence-electron chi connectivity index (χ2n) is 5.16. The number of hydrogen-bond donors (Lipinski definition) is 2. The van der Waals surface area contributed by atoms with E-state index >= 15 is 0 Å². The molecular weight excluding hydrogens is 296 g/mol. The van der Waals surface area contributed by atoms with Crippen molar-refractivity contribution in [1.29, 1.82) is 0 Å². The Labute approximate surface area is 129 Å². The van der Waals surface area contributed by atoms with Crippen molar-refractivity contribution in [2.24, 2.45) is 5.92 Å². The van der Waals surface area contributed by atoms with Crippen LogP contribution in [0.2, 0.25) is 0 Å². The average Bonchev–Trinajstić information content (AvgIpc) is 2.95. The van der Waals surface area contributed by atoms with E-state index in [0.29, 0.717) is 11.6 Å². The van der Waals surface area contributed by atoms with Crippen molar-refractivity contribution < 1.29 is 9.72 Å². The fraction of sp³-hybridized carbons (Fsp3) is 0.615. The Balaban J connectivity index is 0.00000220. The first kappa shape index (κ1) is 17.5. The van der Waals surface area contributed by atoms with Gasteiger partial charge in [0.1, 0.15) is 5.69 Å². The summed E-state index contributed by atoms with van der Waals surface area (Å²) in [6.45, 7) is 2.45. The number of halogens is 1. The number of likely N-dealkylation sites (tertiary alicyclic amines) is 1. The Morgan fingerprint density at radius 2 is 2.19 bits per heavy atom. The van der Waals surface area contributed by atoms with Crippen molar-refractivity contribution in [3.8, 4) is 0 Å². The third-order valence-corrected chi connectivity index (χ3v) is 3.81. The van der Waals surface area contributed by atoms with Gasteiger partial charge in [0.15, 0.2) is 0 Å². The summed E-state index contributed by atoms with van der Waals surface area (Å²) in [5.41, 5.74) is 0.225. The van der Waals surface area contributed by atoms with Crippen LogP contribution in [0.15, 0.2) is 12.3 Å². The van der Waals surface area contributed by atoms with Crippen LogP contribution < -0.4 is 5.32 Å². The van der Waals surface area contributed by atoms with Gasteiger partial charge < -0.3 is 15.2 Å². The minimum Gasteiger partial charge on any atom is -0.351 e. The van der Waals surface area contributed by atoms with Gasteiger partial charge in [-0.3, -0.25) is 14.9 Å². The topological polar surface area (TPSA) is 91.3 Å². The molecule has 1 fully saturated rings. The number of nitrogens with zero attached hydrogens (tertiary/aromatic N) is 2. The highest BCUT2D eigenvalue weighted by atomic mass is 35.5. The van der Waals surface area contributed by atoms with E-state index in [4.69, 9.17) is 0 Å². The molecule has 118 valence electrons. The number of H-pyrrole nitrogens is 1. The SMILES string of the molecule is CNCCC1CCN(C(=O)c2cc([N+](=O)[O-])c[nH]2)CC1.Cl. The van der Waals surface area contributed by atoms with Gasteiger partial charge in [0.25, 0.3) is 11.6 Å². The summed E-state index contributed by atoms with van der Waals surface area (Å²) in [5, 5.41) is 13.8. The Morgan fingerprint density at radius 1 is 1.52 bits per heavy atom. The number of piperidine rings is 1. The maximum Gasteiger partial charge on any atom is 0.287 e. The van der Waals surface area contributed by atoms with Gasteiger partial charge in [-0.05, 0) is 38.8 Å². The molecule has 1 aliphatic heterocycles. The maximum absolute atomic E-state index is 12.2. The molecule has 0 radical (unpaired) electrons. The fourth-order valence-corrected chi connectivity index (χ4v) is 2.56. The normalized spacial score (nSPS) is 15.6. The molecule has 2 N–H and O–H groups in total. The van der Waals surface area contributed by atoms with Gasteiger partial charge in [0.05, 0.1) is 11.1 Å². The fourth-order valence-electron chi connectivity index (χ4n) is 2.56. The first-order valence-electron chi connectivity index (χ1n) is 6.88. The molecule has 0 aromatic carbocycles. The van der Waals surface area contributed by atoms with E-state index in [1.165, 1.54) is 12.3 Å². The number of aromatic nitrogens is 1. The molecule has 1 saturated heterocycles. The van der Waals surface area contributed by atoms with Crippen LogP contribution in [0.1, 0.15) is 29.8 Å². The van der Waals surface area contributed by atoms with Crippen LogP contribution in [-0.2, 0) is 0 Å². The second kappa shape index (κ2) is 7.99. The third-order valence-electron chi connectivity index (χ3n) is 3.81. The van der Waals surface area contributed by atoms with Crippen LogP contribution in [0.5, 0.6) is 0 Å². The summed E-state index contributed by atoms with van der Waals surface area (Å²) in [4.78, 5) is 26.8. The quantitative estimate of drug-likeness (QED) is 0.640. The largest absolute Gasteiger partial charge is 0.351 e. The summed E-state index contributed by atoms with van der Waals surface area (Å²) in [5.74, 6) is 0.509. The summed E-state index contributed by atoms with van der Waals surface area (Å²) in [6.07, 6.45) is 4.38. The van der Waals surface area contributed by atoms with E-state index in [0.717, 1.165) is 38.9 Å². The molecule has 0 aliphatic carbocycles. The lowest BCUT2D eigenvalue weighted by Gasteiger charge is -2.31. The molecule has 2 heterocycles. The number of aromatic amines is 1. The van der Waals surface area contributed by atoms with Crippen molar-refractivity contribution >= 4 is 24.0 Å². The zero-order valence-electron chi connectivity index (χ0n) is 12.0. The molecule has 0 atom stereocenters. The van der Waals surface area contributed by atoms with Crippen LogP contribution in [0.4, 0.5) is 5.69 Å². The van der Waals surface area contributed by atoms with Crippen molar-refractivity contribution in [1.82, 2.24) is 15.2 Å². The van der Waals surface area contributed by atoms with Crippen molar-refractivity contribution in [3.63, 3.8) is 0 Å². The van der Waals surface area contributed by atoms with Gasteiger partial charge in [-0.15, -0.1) is 12.4 Å². The molecule has 7 nitrogen and oxygen atoms in total. The monoisotopic (exact) mass is 316 g/mol. The highest BCUT2D eigenvalue weighted by Crippen LogP contribution is 2.22. The van der Waals surface area contributed by atoms with Crippen LogP contribution in [0, 0.1) is 16.0 Å². The van der Waals surface area contributed by atoms with Crippen LogP contribution in [0.3, 0.4) is 0 Å². The van der Waals surface area contributed by atoms with E-state index in [2.05, 4.69) is 10.3 Å². The molecule has 1 aromatic rings. The zero-order chi connectivity index (χ0) is 14.5. The van der Waals surface area contributed by atoms with Gasteiger partial charge >= 0.3 is 0 Å². The summed E-state index contributed by atoms with van der Waals surface area (Å²) in [6, 6.07) is 1.30. The van der Waals surface area contributed by atoms with Gasteiger partial charge in [0.2, 0.25) is 0 Å². The number of rotatable bonds is 5. The molecule has 2 rings (SSSR count). The van der Waals surface area contributed by atoms with E-state index in [1.807, 2.05) is 7.05 Å². The lowest BCUT2D eigenvalue weighted by Crippen LogP contribution is -2.39. The maximum atomic E-state index is 12.2.